The summed E-state index contributed by atoms with van der Waals surface area (Å²) in [5, 5.41) is 0. The van der Waals surface area contributed by atoms with E-state index in [1.807, 2.05) is 60.3 Å². The molecule has 0 atom stereocenters. The summed E-state index contributed by atoms with van der Waals surface area (Å²) >= 11 is 3.39. The Hall–Kier alpha value is -2.12. The van der Waals surface area contributed by atoms with Crippen LogP contribution in [-0.4, -0.2) is 17.5 Å². The van der Waals surface area contributed by atoms with Crippen LogP contribution in [0.5, 0.6) is 5.75 Å². The highest BCUT2D eigenvalue weighted by Crippen LogP contribution is 2.23. The highest BCUT2D eigenvalue weighted by Gasteiger charge is 2.20. The molecule has 0 saturated heterocycles. The Morgan fingerprint density at radius 1 is 1.23 bits per heavy atom. The second kappa shape index (κ2) is 8.51. The molecule has 0 bridgehead atoms. The third-order valence-electron chi connectivity index (χ3n) is 4.12. The number of nitrogens with two attached hydrogens (primary N) is 1. The number of rotatable bonds is 5. The summed E-state index contributed by atoms with van der Waals surface area (Å²) in [4.78, 5) is 12.5. The molecule has 0 aliphatic carbocycles. The molecule has 7 heteroatoms. The van der Waals surface area contributed by atoms with E-state index in [1.54, 1.807) is 17.7 Å². The van der Waals surface area contributed by atoms with Gasteiger partial charge in [-0.2, -0.15) is 0 Å². The molecule has 26 heavy (non-hydrogen) atoms. The first kappa shape index (κ1) is 20.2. The van der Waals surface area contributed by atoms with Crippen molar-refractivity contribution < 1.29 is 31.1 Å². The molecule has 0 radical (unpaired) electrons. The van der Waals surface area contributed by atoms with E-state index in [9.17, 15) is 4.79 Å². The van der Waals surface area contributed by atoms with Crippen molar-refractivity contribution in [2.24, 2.45) is 7.05 Å². The van der Waals surface area contributed by atoms with Gasteiger partial charge in [0.05, 0.1) is 14.2 Å². The monoisotopic (exact) mass is 479 g/mol. The summed E-state index contributed by atoms with van der Waals surface area (Å²) in [6.45, 7) is 0.187. The number of hydrogen-bond donors (Lipinski definition) is 1. The summed E-state index contributed by atoms with van der Waals surface area (Å²) in [6, 6.07) is 15.1. The number of aromatic nitrogens is 2. The van der Waals surface area contributed by atoms with E-state index >= 15 is 0 Å². The van der Waals surface area contributed by atoms with Crippen LogP contribution in [0.25, 0.3) is 11.3 Å². The van der Waals surface area contributed by atoms with Gasteiger partial charge >= 0.3 is 5.95 Å². The van der Waals surface area contributed by atoms with Crippen LogP contribution >= 0.6 is 15.9 Å². The van der Waals surface area contributed by atoms with Gasteiger partial charge in [-0.15, -0.1) is 0 Å². The lowest BCUT2D eigenvalue weighted by molar-refractivity contribution is -0.667. The van der Waals surface area contributed by atoms with Gasteiger partial charge in [0, 0.05) is 15.6 Å². The lowest BCUT2D eigenvalue weighted by Gasteiger charge is -2.01. The third-order valence-corrected chi connectivity index (χ3v) is 4.62. The number of halogens is 2. The summed E-state index contributed by atoms with van der Waals surface area (Å²) in [5.74, 6) is 1.32. The van der Waals surface area contributed by atoms with Gasteiger partial charge in [-0.25, -0.2) is 9.13 Å². The van der Waals surface area contributed by atoms with E-state index in [-0.39, 0.29) is 29.3 Å². The molecule has 0 fully saturated rings. The molecule has 1 heterocycles. The van der Waals surface area contributed by atoms with Crippen LogP contribution < -0.4 is 32.0 Å². The van der Waals surface area contributed by atoms with E-state index < -0.39 is 0 Å². The van der Waals surface area contributed by atoms with Gasteiger partial charge in [-0.1, -0.05) is 28.1 Å². The number of ether oxygens (including phenoxy) is 1. The molecule has 0 aliphatic heterocycles. The predicted molar refractivity (Wildman–Crippen MR) is 100 cm³/mol. The van der Waals surface area contributed by atoms with Crippen molar-refractivity contribution in [2.45, 2.75) is 6.54 Å². The quantitative estimate of drug-likeness (QED) is 0.419. The van der Waals surface area contributed by atoms with Crippen LogP contribution in [-0.2, 0) is 13.6 Å². The average molecular weight is 481 g/mol. The first-order valence-electron chi connectivity index (χ1n) is 7.77. The van der Waals surface area contributed by atoms with E-state index in [0.717, 1.165) is 21.5 Å². The number of Topliss-reactive ketones (excluding diaryl/α,β-unsaturated/α-hetero) is 1. The molecular formula is C19H19Br2N3O2. The van der Waals surface area contributed by atoms with Crippen molar-refractivity contribution in [2.75, 3.05) is 12.8 Å². The number of nitrogens with zero attached hydrogens (tertiary/aromatic N) is 2. The maximum absolute atomic E-state index is 12.5. The third kappa shape index (κ3) is 4.16. The van der Waals surface area contributed by atoms with Gasteiger partial charge in [0.15, 0.2) is 5.78 Å². The molecule has 3 rings (SSSR count). The fourth-order valence-electron chi connectivity index (χ4n) is 2.68. The zero-order chi connectivity index (χ0) is 18.0. The molecule has 0 aliphatic rings. The number of anilines is 1. The van der Waals surface area contributed by atoms with E-state index in [4.69, 9.17) is 10.5 Å². The van der Waals surface area contributed by atoms with Gasteiger partial charge in [0.2, 0.25) is 0 Å². The Kier molecular flexibility index (Phi) is 6.61. The van der Waals surface area contributed by atoms with Crippen LogP contribution in [0, 0.1) is 0 Å². The molecule has 2 N–H and O–H groups in total. The molecule has 2 aromatic carbocycles. The molecule has 3 aromatic rings. The van der Waals surface area contributed by atoms with Crippen molar-refractivity contribution in [3.8, 4) is 17.0 Å². The largest absolute Gasteiger partial charge is 1.00 e. The minimum Gasteiger partial charge on any atom is -1.00 e. The number of carbonyl (C=O) groups is 1. The van der Waals surface area contributed by atoms with Gasteiger partial charge in [-0.3, -0.25) is 10.5 Å². The predicted octanol–water partition coefficient (Wildman–Crippen LogP) is 0.220. The molecule has 0 spiro atoms. The van der Waals surface area contributed by atoms with Gasteiger partial charge in [-0.05, 0) is 36.4 Å². The number of benzene rings is 2. The first-order valence-corrected chi connectivity index (χ1v) is 8.56. The lowest BCUT2D eigenvalue weighted by atomic mass is 10.1. The fraction of sp³-hybridized carbons (Fsp3) is 0.158. The number of nitrogen functional groups attached to an aromatic ring is 1. The van der Waals surface area contributed by atoms with Crippen LogP contribution in [0.1, 0.15) is 10.4 Å². The number of methoxy groups -OCH3 is 1. The van der Waals surface area contributed by atoms with Crippen molar-refractivity contribution >= 4 is 27.7 Å². The standard InChI is InChI=1S/C19H18BrN3O2.BrH/c1-22-17(13-6-8-16(25-2)9-7-13)11-23(19(22)21)12-18(24)14-4-3-5-15(20)10-14;/h3-11,21H,12H2,1-2H3;1H. The molecular weight excluding hydrogens is 462 g/mol. The average Bonchev–Trinajstić information content (AvgIpc) is 2.90. The molecule has 0 unspecified atom stereocenters. The summed E-state index contributed by atoms with van der Waals surface area (Å²) in [5.41, 5.74) is 8.78. The zero-order valence-corrected chi connectivity index (χ0v) is 17.6. The number of hydrogen-bond acceptors (Lipinski definition) is 3. The van der Waals surface area contributed by atoms with Crippen molar-refractivity contribution in [1.82, 2.24) is 4.57 Å². The van der Waals surface area contributed by atoms with Crippen molar-refractivity contribution in [1.29, 1.82) is 0 Å². The second-order valence-corrected chi connectivity index (χ2v) is 6.64. The number of carbonyl (C=O) groups excluding carboxylic acids is 1. The Morgan fingerprint density at radius 3 is 2.54 bits per heavy atom. The summed E-state index contributed by atoms with van der Waals surface area (Å²) < 4.78 is 9.71. The van der Waals surface area contributed by atoms with Gasteiger partial charge in [0.25, 0.3) is 0 Å². The van der Waals surface area contributed by atoms with Crippen LogP contribution in [0.3, 0.4) is 0 Å². The SMILES string of the molecule is COc1ccc(-c2c[n+](CC(=O)c3cccc(Br)c3)c(N)n2C)cc1.[Br-]. The Labute approximate surface area is 171 Å². The first-order chi connectivity index (χ1) is 12.0. The molecule has 0 saturated carbocycles. The Morgan fingerprint density at radius 2 is 1.92 bits per heavy atom. The molecule has 136 valence electrons. The maximum Gasteiger partial charge on any atom is 0.355 e. The Balaban J connectivity index is 0.00000243. The smallest absolute Gasteiger partial charge is 0.355 e. The zero-order valence-electron chi connectivity index (χ0n) is 14.4. The fourth-order valence-corrected chi connectivity index (χ4v) is 3.08. The second-order valence-electron chi connectivity index (χ2n) is 5.72. The van der Waals surface area contributed by atoms with E-state index in [0.29, 0.717) is 11.5 Å². The molecule has 5 nitrogen and oxygen atoms in total. The highest BCUT2D eigenvalue weighted by molar-refractivity contribution is 9.10. The Bertz CT molecular complexity index is 921. The maximum atomic E-state index is 12.5. The highest BCUT2D eigenvalue weighted by atomic mass is 79.9. The number of ketones is 1. The lowest BCUT2D eigenvalue weighted by Crippen LogP contribution is -3.00. The minimum absolute atomic E-state index is 0. The van der Waals surface area contributed by atoms with E-state index in [1.165, 1.54) is 0 Å². The molecule has 1 aromatic heterocycles. The topological polar surface area (TPSA) is 61.1 Å². The summed E-state index contributed by atoms with van der Waals surface area (Å²) in [7, 11) is 3.52. The van der Waals surface area contributed by atoms with Crippen LogP contribution in [0.4, 0.5) is 5.95 Å². The van der Waals surface area contributed by atoms with Crippen LogP contribution in [0.2, 0.25) is 0 Å². The molecule has 0 amide bonds. The van der Waals surface area contributed by atoms with Crippen LogP contribution in [0.15, 0.2) is 59.2 Å². The summed E-state index contributed by atoms with van der Waals surface area (Å²) in [6.07, 6.45) is 1.90. The number of imidazole rings is 1. The van der Waals surface area contributed by atoms with Gasteiger partial charge < -0.3 is 21.7 Å². The minimum atomic E-state index is 0. The van der Waals surface area contributed by atoms with Gasteiger partial charge in [0.1, 0.15) is 24.2 Å². The van der Waals surface area contributed by atoms with E-state index in [2.05, 4.69) is 15.9 Å². The normalized spacial score (nSPS) is 10.3. The van der Waals surface area contributed by atoms with Crippen molar-refractivity contribution in [3.63, 3.8) is 0 Å². The van der Waals surface area contributed by atoms with Crippen molar-refractivity contribution in [3.05, 3.63) is 64.8 Å².